The number of aliphatic imine (C=N–C) groups is 1. The van der Waals surface area contributed by atoms with E-state index < -0.39 is 34.9 Å². The highest BCUT2D eigenvalue weighted by Gasteiger charge is 2.49. The molecule has 150 valence electrons. The van der Waals surface area contributed by atoms with Crippen LogP contribution in [0.4, 0.5) is 5.69 Å². The number of amidine groups is 1. The Morgan fingerprint density at radius 3 is 2.82 bits per heavy atom. The summed E-state index contributed by atoms with van der Waals surface area (Å²) in [5.74, 6) is -0.742. The molecule has 0 saturated carbocycles. The van der Waals surface area contributed by atoms with Crippen molar-refractivity contribution in [2.45, 2.75) is 11.3 Å². The number of fused-ring (bicyclic) bond motifs is 2. The van der Waals surface area contributed by atoms with Crippen LogP contribution >= 0.6 is 11.8 Å². The number of carboxylic acid groups (broad SMARTS) is 1. The summed E-state index contributed by atoms with van der Waals surface area (Å²) in [5.41, 5.74) is 0.638. The molecule has 3 aliphatic heterocycles. The lowest BCUT2D eigenvalue weighted by molar-refractivity contribution is -0.143. The number of amides is 1. The summed E-state index contributed by atoms with van der Waals surface area (Å²) in [7, 11) is -3.18. The number of sulfone groups is 1. The highest BCUT2D eigenvalue weighted by Crippen LogP contribution is 2.43. The largest absolute Gasteiger partial charge is 0.480 e. The fourth-order valence-electron chi connectivity index (χ4n) is 3.27. The Morgan fingerprint density at radius 1 is 1.25 bits per heavy atom. The molecule has 0 bridgehead atoms. The minimum atomic E-state index is -3.18. The topological polar surface area (TPSA) is 132 Å². The summed E-state index contributed by atoms with van der Waals surface area (Å²) in [6, 6.07) is 4.83. The van der Waals surface area contributed by atoms with Crippen LogP contribution < -0.4 is 14.4 Å². The molecule has 3 aliphatic rings. The van der Waals surface area contributed by atoms with E-state index in [4.69, 9.17) is 19.3 Å². The summed E-state index contributed by atoms with van der Waals surface area (Å²) >= 11 is 1.22. The average Bonchev–Trinajstić information content (AvgIpc) is 3.25. The van der Waals surface area contributed by atoms with Crippen LogP contribution in [-0.2, 0) is 24.2 Å². The van der Waals surface area contributed by atoms with Gasteiger partial charge >= 0.3 is 5.97 Å². The number of benzene rings is 1. The lowest BCUT2D eigenvalue weighted by atomic mass is 10.2. The average molecular weight is 428 g/mol. The number of nitrogens with zero attached hydrogens (tertiary/aromatic N) is 2. The second-order valence-corrected chi connectivity index (χ2v) is 9.74. The molecule has 3 heterocycles. The molecule has 0 radical (unpaired) electrons. The standard InChI is InChI=1S/C16H16N2O8S2/c19-14(4-24-5-15(20)21)17-16-18(10-6-28(22,23)7-13(10)27-16)9-1-2-11-12(3-9)26-8-25-11/h1-3,10,13H,4-8H2,(H,20,21)/t10-,13+/m1/s1. The van der Waals surface area contributed by atoms with Crippen molar-refractivity contribution in [3.63, 3.8) is 0 Å². The van der Waals surface area contributed by atoms with Gasteiger partial charge in [-0.05, 0) is 12.1 Å². The first-order valence-corrected chi connectivity index (χ1v) is 11.0. The van der Waals surface area contributed by atoms with Gasteiger partial charge < -0.3 is 24.2 Å². The van der Waals surface area contributed by atoms with Crippen molar-refractivity contribution in [2.75, 3.05) is 36.4 Å². The van der Waals surface area contributed by atoms with Crippen LogP contribution in [0.3, 0.4) is 0 Å². The summed E-state index contributed by atoms with van der Waals surface area (Å²) < 4.78 is 39.6. The number of carboxylic acids is 1. The van der Waals surface area contributed by atoms with Gasteiger partial charge in [0.25, 0.3) is 5.91 Å². The molecule has 4 rings (SSSR count). The molecule has 10 nitrogen and oxygen atoms in total. The third kappa shape index (κ3) is 3.80. The van der Waals surface area contributed by atoms with Crippen molar-refractivity contribution in [3.8, 4) is 11.5 Å². The molecule has 0 aliphatic carbocycles. The fraction of sp³-hybridized carbons (Fsp3) is 0.438. The normalized spacial score (nSPS) is 25.9. The molecule has 1 aromatic rings. The molecular weight excluding hydrogens is 412 g/mol. The molecular formula is C16H16N2O8S2. The first kappa shape index (κ1) is 19.0. The van der Waals surface area contributed by atoms with E-state index in [0.717, 1.165) is 0 Å². The van der Waals surface area contributed by atoms with E-state index in [-0.39, 0.29) is 29.6 Å². The number of aliphatic carboxylic acids is 1. The van der Waals surface area contributed by atoms with Gasteiger partial charge in [-0.25, -0.2) is 13.2 Å². The van der Waals surface area contributed by atoms with Crippen molar-refractivity contribution in [1.29, 1.82) is 0 Å². The quantitative estimate of drug-likeness (QED) is 0.689. The molecule has 1 amide bonds. The lowest BCUT2D eigenvalue weighted by Gasteiger charge is -2.24. The number of carbonyl (C=O) groups is 2. The molecule has 0 aromatic heterocycles. The molecule has 0 unspecified atom stereocenters. The van der Waals surface area contributed by atoms with Gasteiger partial charge in [0, 0.05) is 17.0 Å². The van der Waals surface area contributed by atoms with Gasteiger partial charge in [-0.1, -0.05) is 11.8 Å². The van der Waals surface area contributed by atoms with Gasteiger partial charge in [-0.15, -0.1) is 0 Å². The Balaban J connectivity index is 1.61. The molecule has 12 heteroatoms. The van der Waals surface area contributed by atoms with E-state index in [1.54, 1.807) is 23.1 Å². The number of thioether (sulfide) groups is 1. The first-order valence-electron chi connectivity index (χ1n) is 8.29. The summed E-state index contributed by atoms with van der Waals surface area (Å²) in [5, 5.41) is 8.68. The van der Waals surface area contributed by atoms with E-state index in [2.05, 4.69) is 4.99 Å². The molecule has 2 atom stereocenters. The van der Waals surface area contributed by atoms with Gasteiger partial charge in [-0.3, -0.25) is 4.79 Å². The van der Waals surface area contributed by atoms with Gasteiger partial charge in [-0.2, -0.15) is 4.99 Å². The summed E-state index contributed by atoms with van der Waals surface area (Å²) in [6.07, 6.45) is 0. The van der Waals surface area contributed by atoms with Crippen LogP contribution in [0.1, 0.15) is 0 Å². The van der Waals surface area contributed by atoms with E-state index in [0.29, 0.717) is 22.4 Å². The third-order valence-electron chi connectivity index (χ3n) is 4.37. The zero-order valence-electron chi connectivity index (χ0n) is 14.4. The van der Waals surface area contributed by atoms with E-state index in [9.17, 15) is 18.0 Å². The van der Waals surface area contributed by atoms with Gasteiger partial charge in [0.2, 0.25) is 6.79 Å². The second-order valence-electron chi connectivity index (χ2n) is 6.38. The highest BCUT2D eigenvalue weighted by molar-refractivity contribution is 8.16. The molecule has 1 aromatic carbocycles. The molecule has 2 fully saturated rings. The van der Waals surface area contributed by atoms with Crippen LogP contribution in [0.2, 0.25) is 0 Å². The molecule has 2 saturated heterocycles. The van der Waals surface area contributed by atoms with E-state index >= 15 is 0 Å². The summed E-state index contributed by atoms with van der Waals surface area (Å²) in [6.45, 7) is -0.966. The fourth-order valence-corrected chi connectivity index (χ4v) is 7.20. The van der Waals surface area contributed by atoms with Crippen LogP contribution in [0.25, 0.3) is 0 Å². The van der Waals surface area contributed by atoms with Crippen molar-refractivity contribution < 1.29 is 37.3 Å². The van der Waals surface area contributed by atoms with Crippen molar-refractivity contribution in [2.24, 2.45) is 4.99 Å². The van der Waals surface area contributed by atoms with Crippen LogP contribution in [0.15, 0.2) is 23.2 Å². The number of carbonyl (C=O) groups excluding carboxylic acids is 1. The second kappa shape index (κ2) is 7.26. The Hall–Kier alpha value is -2.31. The van der Waals surface area contributed by atoms with Crippen molar-refractivity contribution >= 4 is 44.3 Å². The maximum atomic E-state index is 12.1. The summed E-state index contributed by atoms with van der Waals surface area (Å²) in [4.78, 5) is 28.3. The zero-order valence-corrected chi connectivity index (χ0v) is 16.1. The Kier molecular flexibility index (Phi) is 4.93. The van der Waals surface area contributed by atoms with Crippen LogP contribution in [-0.4, -0.2) is 73.4 Å². The van der Waals surface area contributed by atoms with E-state index in [1.165, 1.54) is 11.8 Å². The van der Waals surface area contributed by atoms with E-state index in [1.807, 2.05) is 0 Å². The minimum Gasteiger partial charge on any atom is -0.480 e. The SMILES string of the molecule is O=C(O)COCC(=O)N=C1S[C@H]2CS(=O)(=O)C[C@H]2N1c1ccc2c(c1)OCO2. The Labute approximate surface area is 164 Å². The predicted molar refractivity (Wildman–Crippen MR) is 99.8 cm³/mol. The monoisotopic (exact) mass is 428 g/mol. The maximum Gasteiger partial charge on any atom is 0.329 e. The molecule has 28 heavy (non-hydrogen) atoms. The smallest absolute Gasteiger partial charge is 0.329 e. The Bertz CT molecular complexity index is 961. The van der Waals surface area contributed by atoms with Crippen molar-refractivity contribution in [1.82, 2.24) is 0 Å². The lowest BCUT2D eigenvalue weighted by Crippen LogP contribution is -2.37. The number of hydrogen-bond acceptors (Lipinski definition) is 8. The predicted octanol–water partition coefficient (Wildman–Crippen LogP) is 0.118. The number of anilines is 1. The minimum absolute atomic E-state index is 0.00606. The van der Waals surface area contributed by atoms with Gasteiger partial charge in [0.1, 0.15) is 13.2 Å². The third-order valence-corrected chi connectivity index (χ3v) is 7.58. The Morgan fingerprint density at radius 2 is 2.04 bits per heavy atom. The van der Waals surface area contributed by atoms with Crippen LogP contribution in [0, 0.1) is 0 Å². The zero-order chi connectivity index (χ0) is 19.9. The number of hydrogen-bond donors (Lipinski definition) is 1. The van der Waals surface area contributed by atoms with Crippen molar-refractivity contribution in [3.05, 3.63) is 18.2 Å². The van der Waals surface area contributed by atoms with Crippen LogP contribution in [0.5, 0.6) is 11.5 Å². The molecule has 1 N–H and O–H groups in total. The number of rotatable bonds is 5. The highest BCUT2D eigenvalue weighted by atomic mass is 32.2. The number of ether oxygens (including phenoxy) is 3. The van der Waals surface area contributed by atoms with Gasteiger partial charge in [0.05, 0.1) is 17.5 Å². The van der Waals surface area contributed by atoms with Gasteiger partial charge in [0.15, 0.2) is 26.5 Å². The molecule has 0 spiro atoms. The first-order chi connectivity index (χ1) is 13.3. The maximum absolute atomic E-state index is 12.1.